The summed E-state index contributed by atoms with van der Waals surface area (Å²) in [4.78, 5) is 27.6. The molecule has 6 heteroatoms. The van der Waals surface area contributed by atoms with Gasteiger partial charge in [-0.2, -0.15) is 0 Å². The second-order valence-electron chi connectivity index (χ2n) is 8.57. The van der Waals surface area contributed by atoms with Crippen LogP contribution in [0.1, 0.15) is 34.5 Å². The molecule has 0 atom stereocenters. The van der Waals surface area contributed by atoms with Crippen LogP contribution in [0.2, 0.25) is 0 Å². The molecule has 1 aliphatic carbocycles. The Morgan fingerprint density at radius 2 is 1.97 bits per heavy atom. The van der Waals surface area contributed by atoms with Crippen molar-refractivity contribution in [1.29, 1.82) is 0 Å². The lowest BCUT2D eigenvalue weighted by Gasteiger charge is -2.23. The molecule has 32 heavy (non-hydrogen) atoms. The van der Waals surface area contributed by atoms with Crippen molar-refractivity contribution in [3.8, 4) is 11.3 Å². The normalized spacial score (nSPS) is 13.4. The van der Waals surface area contributed by atoms with Crippen molar-refractivity contribution < 1.29 is 9.18 Å². The molecule has 2 aromatic heterocycles. The summed E-state index contributed by atoms with van der Waals surface area (Å²) in [6, 6.07) is 12.9. The number of halogens is 1. The molecule has 0 spiro atoms. The van der Waals surface area contributed by atoms with Gasteiger partial charge in [0.1, 0.15) is 11.5 Å². The second kappa shape index (κ2) is 8.54. The molecule has 0 unspecified atom stereocenters. The summed E-state index contributed by atoms with van der Waals surface area (Å²) in [6.07, 6.45) is 8.13. The number of aromatic amines is 1. The minimum absolute atomic E-state index is 0.151. The maximum absolute atomic E-state index is 14.0. The molecule has 1 N–H and O–H groups in total. The maximum Gasteiger partial charge on any atom is 0.274 e. The van der Waals surface area contributed by atoms with Crippen LogP contribution in [0, 0.1) is 18.7 Å². The zero-order valence-corrected chi connectivity index (χ0v) is 18.0. The smallest absolute Gasteiger partial charge is 0.274 e. The van der Waals surface area contributed by atoms with Gasteiger partial charge in [-0.1, -0.05) is 18.2 Å². The Kier molecular flexibility index (Phi) is 5.43. The van der Waals surface area contributed by atoms with Gasteiger partial charge in [0.25, 0.3) is 5.91 Å². The van der Waals surface area contributed by atoms with E-state index in [1.165, 1.54) is 29.3 Å². The highest BCUT2D eigenvalue weighted by atomic mass is 19.1. The topological polar surface area (TPSA) is 61.9 Å². The Balaban J connectivity index is 1.43. The van der Waals surface area contributed by atoms with E-state index in [1.54, 1.807) is 6.20 Å². The lowest BCUT2D eigenvalue weighted by atomic mass is 10.1. The summed E-state index contributed by atoms with van der Waals surface area (Å²) < 4.78 is 14.0. The first kappa shape index (κ1) is 20.4. The van der Waals surface area contributed by atoms with Crippen molar-refractivity contribution >= 4 is 16.8 Å². The van der Waals surface area contributed by atoms with E-state index in [1.807, 2.05) is 36.2 Å². The van der Waals surface area contributed by atoms with Crippen LogP contribution in [0.5, 0.6) is 0 Å². The van der Waals surface area contributed by atoms with E-state index in [4.69, 9.17) is 0 Å². The van der Waals surface area contributed by atoms with Gasteiger partial charge < -0.3 is 9.88 Å². The Labute approximate surface area is 186 Å². The van der Waals surface area contributed by atoms with Crippen LogP contribution in [0.4, 0.5) is 4.39 Å². The molecule has 162 valence electrons. The fourth-order valence-corrected chi connectivity index (χ4v) is 4.21. The number of aromatic nitrogens is 3. The predicted octanol–water partition coefficient (Wildman–Crippen LogP) is 5.17. The van der Waals surface area contributed by atoms with Gasteiger partial charge in [0, 0.05) is 48.1 Å². The van der Waals surface area contributed by atoms with Gasteiger partial charge >= 0.3 is 0 Å². The number of nitrogens with one attached hydrogen (secondary N) is 1. The van der Waals surface area contributed by atoms with E-state index >= 15 is 0 Å². The number of benzene rings is 2. The molecule has 0 saturated heterocycles. The molecule has 0 radical (unpaired) electrons. The van der Waals surface area contributed by atoms with Crippen LogP contribution in [0.15, 0.2) is 61.1 Å². The van der Waals surface area contributed by atoms with Gasteiger partial charge in [-0.25, -0.2) is 9.37 Å². The van der Waals surface area contributed by atoms with Gasteiger partial charge in [0.15, 0.2) is 5.69 Å². The van der Waals surface area contributed by atoms with Crippen LogP contribution in [-0.2, 0) is 6.42 Å². The number of para-hydroxylation sites is 1. The number of hydrogen-bond acceptors (Lipinski definition) is 3. The van der Waals surface area contributed by atoms with E-state index in [2.05, 4.69) is 27.1 Å². The minimum Gasteiger partial charge on any atom is -0.361 e. The lowest BCUT2D eigenvalue weighted by molar-refractivity contribution is 0.0744. The molecule has 0 aliphatic heterocycles. The van der Waals surface area contributed by atoms with Crippen molar-refractivity contribution in [2.75, 3.05) is 13.1 Å². The monoisotopic (exact) mass is 428 g/mol. The molecule has 1 fully saturated rings. The van der Waals surface area contributed by atoms with E-state index < -0.39 is 0 Å². The Morgan fingerprint density at radius 3 is 2.78 bits per heavy atom. The molecule has 2 heterocycles. The van der Waals surface area contributed by atoms with Crippen LogP contribution >= 0.6 is 0 Å². The van der Waals surface area contributed by atoms with Crippen LogP contribution < -0.4 is 0 Å². The van der Waals surface area contributed by atoms with Crippen molar-refractivity contribution in [1.82, 2.24) is 19.9 Å². The first-order valence-corrected chi connectivity index (χ1v) is 11.0. The molecule has 1 amide bonds. The molecule has 2 aromatic carbocycles. The number of amides is 1. The van der Waals surface area contributed by atoms with Gasteiger partial charge in [-0.3, -0.25) is 9.78 Å². The zero-order chi connectivity index (χ0) is 22.1. The van der Waals surface area contributed by atoms with Gasteiger partial charge in [-0.15, -0.1) is 0 Å². The number of hydrogen-bond donors (Lipinski definition) is 1. The number of carbonyl (C=O) groups excluding carboxylic acids is 1. The van der Waals surface area contributed by atoms with Gasteiger partial charge in [0.05, 0.1) is 0 Å². The number of carbonyl (C=O) groups is 1. The third kappa shape index (κ3) is 4.26. The average molecular weight is 429 g/mol. The third-order valence-electron chi connectivity index (χ3n) is 6.01. The predicted molar refractivity (Wildman–Crippen MR) is 123 cm³/mol. The first-order chi connectivity index (χ1) is 15.6. The highest BCUT2D eigenvalue weighted by Gasteiger charge is 2.29. The summed E-state index contributed by atoms with van der Waals surface area (Å²) >= 11 is 0. The van der Waals surface area contributed by atoms with Crippen molar-refractivity contribution in [3.05, 3.63) is 83.7 Å². The van der Waals surface area contributed by atoms with E-state index in [-0.39, 0.29) is 17.4 Å². The standard InChI is InChI=1S/C26H25FN4O/c1-17-12-20(14-21(27)13-17)24-25(29-10-9-28-24)26(32)31(16-18-6-7-18)11-8-19-15-30-23-5-3-2-4-22(19)23/h2-5,9-10,12-15,18,30H,6-8,11,16H2,1H3. The zero-order valence-electron chi connectivity index (χ0n) is 18.0. The molecule has 5 nitrogen and oxygen atoms in total. The number of fused-ring (bicyclic) bond motifs is 1. The van der Waals surface area contributed by atoms with Crippen LogP contribution in [0.25, 0.3) is 22.2 Å². The molecular weight excluding hydrogens is 403 g/mol. The summed E-state index contributed by atoms with van der Waals surface area (Å²) in [6.45, 7) is 3.12. The van der Waals surface area contributed by atoms with Crippen LogP contribution in [0.3, 0.4) is 0 Å². The Bertz CT molecular complexity index is 1260. The molecule has 1 aliphatic rings. The average Bonchev–Trinajstić information content (AvgIpc) is 3.53. The fourth-order valence-electron chi connectivity index (χ4n) is 4.21. The van der Waals surface area contributed by atoms with Crippen molar-refractivity contribution in [2.24, 2.45) is 5.92 Å². The van der Waals surface area contributed by atoms with Crippen molar-refractivity contribution in [2.45, 2.75) is 26.2 Å². The summed E-state index contributed by atoms with van der Waals surface area (Å²) in [5.74, 6) is 0.0402. The first-order valence-electron chi connectivity index (χ1n) is 11.0. The summed E-state index contributed by atoms with van der Waals surface area (Å²) in [5, 5.41) is 1.18. The second-order valence-corrected chi connectivity index (χ2v) is 8.57. The molecular formula is C26H25FN4O. The molecule has 1 saturated carbocycles. The maximum atomic E-state index is 14.0. The van der Waals surface area contributed by atoms with E-state index in [9.17, 15) is 9.18 Å². The largest absolute Gasteiger partial charge is 0.361 e. The minimum atomic E-state index is -0.349. The number of aryl methyl sites for hydroxylation is 1. The van der Waals surface area contributed by atoms with Crippen LogP contribution in [-0.4, -0.2) is 38.8 Å². The summed E-state index contributed by atoms with van der Waals surface area (Å²) in [5.41, 5.74) is 4.33. The fraction of sp³-hybridized carbons (Fsp3) is 0.269. The molecule has 0 bridgehead atoms. The van der Waals surface area contributed by atoms with Gasteiger partial charge in [0.2, 0.25) is 0 Å². The van der Waals surface area contributed by atoms with Crippen molar-refractivity contribution in [3.63, 3.8) is 0 Å². The number of H-pyrrole nitrogens is 1. The highest BCUT2D eigenvalue weighted by molar-refractivity contribution is 5.98. The Hall–Kier alpha value is -3.54. The summed E-state index contributed by atoms with van der Waals surface area (Å²) in [7, 11) is 0. The van der Waals surface area contributed by atoms with E-state index in [0.29, 0.717) is 30.3 Å². The lowest BCUT2D eigenvalue weighted by Crippen LogP contribution is -2.35. The third-order valence-corrected chi connectivity index (χ3v) is 6.01. The van der Waals surface area contributed by atoms with Gasteiger partial charge in [-0.05, 0) is 67.5 Å². The number of rotatable bonds is 7. The van der Waals surface area contributed by atoms with E-state index in [0.717, 1.165) is 30.3 Å². The molecule has 4 aromatic rings. The Morgan fingerprint density at radius 1 is 1.16 bits per heavy atom. The molecule has 5 rings (SSSR count). The SMILES string of the molecule is Cc1cc(F)cc(-c2nccnc2C(=O)N(CCc2c[nH]c3ccccc23)CC2CC2)c1. The quantitative estimate of drug-likeness (QED) is 0.442. The number of nitrogens with zero attached hydrogens (tertiary/aromatic N) is 3. The highest BCUT2D eigenvalue weighted by Crippen LogP contribution is 2.31.